The van der Waals surface area contributed by atoms with Gasteiger partial charge in [0, 0.05) is 24.8 Å². The number of nitrogens with one attached hydrogen (secondary N) is 1. The smallest absolute Gasteiger partial charge is 0.261 e. The Hall–Kier alpha value is -2.12. The largest absolute Gasteiger partial charge is 0.315 e. The van der Waals surface area contributed by atoms with Crippen LogP contribution in [0.25, 0.3) is 0 Å². The molecule has 1 heterocycles. The first-order chi connectivity index (χ1) is 11.3. The van der Waals surface area contributed by atoms with Gasteiger partial charge in [-0.2, -0.15) is 0 Å². The Balaban J connectivity index is 1.90. The van der Waals surface area contributed by atoms with E-state index in [4.69, 9.17) is 11.6 Å². The highest BCUT2D eigenvalue weighted by Gasteiger charge is 2.22. The number of nitrogens with zero attached hydrogens (tertiary/aromatic N) is 1. The topological polar surface area (TPSA) is 66.5 Å². The van der Waals surface area contributed by atoms with Crippen molar-refractivity contribution in [3.05, 3.63) is 52.8 Å². The van der Waals surface area contributed by atoms with Crippen LogP contribution in [0.2, 0.25) is 5.02 Å². The lowest BCUT2D eigenvalue weighted by molar-refractivity contribution is -0.118. The molecule has 0 atom stereocenters. The second-order valence-electron chi connectivity index (χ2n) is 5.48. The summed E-state index contributed by atoms with van der Waals surface area (Å²) in [4.78, 5) is 13.1. The van der Waals surface area contributed by atoms with E-state index < -0.39 is 15.8 Å². The molecule has 0 spiro atoms. The van der Waals surface area contributed by atoms with E-state index in [2.05, 4.69) is 4.72 Å². The molecule has 0 bridgehead atoms. The predicted molar refractivity (Wildman–Crippen MR) is 90.4 cm³/mol. The van der Waals surface area contributed by atoms with Gasteiger partial charge in [0.1, 0.15) is 5.82 Å². The van der Waals surface area contributed by atoms with Crippen LogP contribution in [0.15, 0.2) is 41.3 Å². The molecule has 0 aliphatic carbocycles. The molecule has 1 aliphatic heterocycles. The van der Waals surface area contributed by atoms with Crippen molar-refractivity contribution in [3.63, 3.8) is 0 Å². The maximum Gasteiger partial charge on any atom is 0.261 e. The van der Waals surface area contributed by atoms with Gasteiger partial charge in [0.05, 0.1) is 9.92 Å². The minimum Gasteiger partial charge on any atom is -0.315 e. The summed E-state index contributed by atoms with van der Waals surface area (Å²) in [5.41, 5.74) is 2.02. The fourth-order valence-corrected chi connectivity index (χ4v) is 3.90. The van der Waals surface area contributed by atoms with E-state index in [9.17, 15) is 17.6 Å². The number of carbonyl (C=O) groups is 1. The molecule has 2 aromatic carbocycles. The molecule has 0 radical (unpaired) electrons. The second-order valence-corrected chi connectivity index (χ2v) is 7.57. The van der Waals surface area contributed by atoms with Crippen LogP contribution in [0.1, 0.15) is 12.0 Å². The van der Waals surface area contributed by atoms with Gasteiger partial charge < -0.3 is 4.90 Å². The van der Waals surface area contributed by atoms with Crippen LogP contribution in [0, 0.1) is 5.82 Å². The van der Waals surface area contributed by atoms with E-state index in [1.165, 1.54) is 0 Å². The maximum absolute atomic E-state index is 13.2. The highest BCUT2D eigenvalue weighted by atomic mass is 35.5. The molecule has 8 heteroatoms. The first kappa shape index (κ1) is 16.7. The molecule has 1 N–H and O–H groups in total. The van der Waals surface area contributed by atoms with E-state index in [0.29, 0.717) is 18.5 Å². The molecule has 24 heavy (non-hydrogen) atoms. The number of rotatable bonds is 3. The van der Waals surface area contributed by atoms with Crippen LogP contribution >= 0.6 is 11.6 Å². The Morgan fingerprint density at radius 3 is 2.62 bits per heavy atom. The van der Waals surface area contributed by atoms with Gasteiger partial charge >= 0.3 is 0 Å². The Labute approximate surface area is 144 Å². The number of benzene rings is 2. The van der Waals surface area contributed by atoms with Crippen molar-refractivity contribution < 1.29 is 17.6 Å². The van der Waals surface area contributed by atoms with Crippen molar-refractivity contribution >= 4 is 38.9 Å². The minimum absolute atomic E-state index is 0.0248. The molecular formula is C16H14ClFN2O3S. The van der Waals surface area contributed by atoms with Gasteiger partial charge in [-0.25, -0.2) is 12.8 Å². The van der Waals surface area contributed by atoms with Gasteiger partial charge in [-0.3, -0.25) is 9.52 Å². The van der Waals surface area contributed by atoms with Crippen LogP contribution in [0.4, 0.5) is 15.8 Å². The summed E-state index contributed by atoms with van der Waals surface area (Å²) in [5, 5.41) is -0.261. The molecule has 3 rings (SSSR count). The number of hydrogen-bond acceptors (Lipinski definition) is 3. The molecule has 1 amide bonds. The lowest BCUT2D eigenvalue weighted by Gasteiger charge is -2.26. The summed E-state index contributed by atoms with van der Waals surface area (Å²) < 4.78 is 40.4. The monoisotopic (exact) mass is 368 g/mol. The number of carbonyl (C=O) groups excluding carboxylic acids is 1. The third-order valence-electron chi connectivity index (χ3n) is 3.88. The van der Waals surface area contributed by atoms with Crippen LogP contribution in [0.5, 0.6) is 0 Å². The van der Waals surface area contributed by atoms with E-state index >= 15 is 0 Å². The van der Waals surface area contributed by atoms with E-state index in [1.807, 2.05) is 0 Å². The number of sulfonamides is 1. The van der Waals surface area contributed by atoms with E-state index in [-0.39, 0.29) is 15.8 Å². The van der Waals surface area contributed by atoms with Gasteiger partial charge in [0.25, 0.3) is 10.0 Å². The minimum atomic E-state index is -3.89. The van der Waals surface area contributed by atoms with Gasteiger partial charge in [-0.15, -0.1) is 0 Å². The average Bonchev–Trinajstić information content (AvgIpc) is 2.53. The highest BCUT2D eigenvalue weighted by Crippen LogP contribution is 2.30. The standard InChI is InChI=1S/C16H14ClFN2O3S/c1-20-15-6-3-11(8-10(15)2-7-16(20)21)19-24(22,23)12-4-5-14(18)13(17)9-12/h3-6,8-9,19H,2,7H2,1H3. The van der Waals surface area contributed by atoms with Gasteiger partial charge in [0.2, 0.25) is 5.91 Å². The van der Waals surface area contributed by atoms with Crippen molar-refractivity contribution in [2.24, 2.45) is 0 Å². The van der Waals surface area contributed by atoms with Gasteiger partial charge in [0.15, 0.2) is 0 Å². The summed E-state index contributed by atoms with van der Waals surface area (Å²) in [7, 11) is -2.20. The molecule has 1 aliphatic rings. The van der Waals surface area contributed by atoms with Gasteiger partial charge in [-0.05, 0) is 48.4 Å². The van der Waals surface area contributed by atoms with Crippen LogP contribution in [0.3, 0.4) is 0 Å². The van der Waals surface area contributed by atoms with Crippen molar-refractivity contribution in [1.29, 1.82) is 0 Å². The Bertz CT molecular complexity index is 931. The van der Waals surface area contributed by atoms with Crippen molar-refractivity contribution in [2.75, 3.05) is 16.7 Å². The fourth-order valence-electron chi connectivity index (χ4n) is 2.58. The number of hydrogen-bond donors (Lipinski definition) is 1. The first-order valence-electron chi connectivity index (χ1n) is 7.15. The Morgan fingerprint density at radius 2 is 1.92 bits per heavy atom. The molecular weight excluding hydrogens is 355 g/mol. The molecule has 126 valence electrons. The molecule has 2 aromatic rings. The Kier molecular flexibility index (Phi) is 4.23. The zero-order valence-electron chi connectivity index (χ0n) is 12.7. The average molecular weight is 369 g/mol. The number of halogens is 2. The molecule has 0 fully saturated rings. The SMILES string of the molecule is CN1C(=O)CCc2cc(NS(=O)(=O)c3ccc(F)c(Cl)c3)ccc21. The normalized spacial score (nSPS) is 14.5. The van der Waals surface area contributed by atoms with Crippen molar-refractivity contribution in [2.45, 2.75) is 17.7 Å². The summed E-state index contributed by atoms with van der Waals surface area (Å²) >= 11 is 5.64. The molecule has 5 nitrogen and oxygen atoms in total. The van der Waals surface area contributed by atoms with Crippen molar-refractivity contribution in [1.82, 2.24) is 0 Å². The third kappa shape index (κ3) is 3.09. The predicted octanol–water partition coefficient (Wildman–Crippen LogP) is 3.19. The third-order valence-corrected chi connectivity index (χ3v) is 5.55. The maximum atomic E-state index is 13.2. The summed E-state index contributed by atoms with van der Waals surface area (Å²) in [6, 6.07) is 8.18. The van der Waals surface area contributed by atoms with E-state index in [1.54, 1.807) is 30.1 Å². The summed E-state index contributed by atoms with van der Waals surface area (Å²) in [5.74, 6) is -0.658. The Morgan fingerprint density at radius 1 is 1.17 bits per heavy atom. The highest BCUT2D eigenvalue weighted by molar-refractivity contribution is 7.92. The van der Waals surface area contributed by atoms with Crippen LogP contribution < -0.4 is 9.62 Å². The number of fused-ring (bicyclic) bond motifs is 1. The number of anilines is 2. The molecule has 0 aromatic heterocycles. The zero-order chi connectivity index (χ0) is 17.5. The summed E-state index contributed by atoms with van der Waals surface area (Å²) in [6.07, 6.45) is 0.934. The lowest BCUT2D eigenvalue weighted by atomic mass is 10.0. The fraction of sp³-hybridized carbons (Fsp3) is 0.188. The number of amides is 1. The van der Waals surface area contributed by atoms with Crippen molar-refractivity contribution in [3.8, 4) is 0 Å². The first-order valence-corrected chi connectivity index (χ1v) is 9.01. The van der Waals surface area contributed by atoms with Gasteiger partial charge in [-0.1, -0.05) is 11.6 Å². The van der Waals surface area contributed by atoms with Crippen LogP contribution in [-0.4, -0.2) is 21.4 Å². The molecule has 0 saturated carbocycles. The molecule has 0 unspecified atom stereocenters. The number of aryl methyl sites for hydroxylation is 1. The lowest BCUT2D eigenvalue weighted by Crippen LogP contribution is -2.31. The molecule has 0 saturated heterocycles. The quantitative estimate of drug-likeness (QED) is 0.904. The van der Waals surface area contributed by atoms with E-state index in [0.717, 1.165) is 29.4 Å². The second kappa shape index (κ2) is 6.07. The van der Waals surface area contributed by atoms with Crippen LogP contribution in [-0.2, 0) is 21.2 Å². The zero-order valence-corrected chi connectivity index (χ0v) is 14.3. The summed E-state index contributed by atoms with van der Waals surface area (Å²) in [6.45, 7) is 0.